The highest BCUT2D eigenvalue weighted by Gasteiger charge is 2.34. The van der Waals surface area contributed by atoms with Crippen LogP contribution in [-0.4, -0.2) is 30.2 Å². The molecule has 0 unspecified atom stereocenters. The third-order valence-corrected chi connectivity index (χ3v) is 6.63. The van der Waals surface area contributed by atoms with Gasteiger partial charge in [0.15, 0.2) is 16.3 Å². The lowest BCUT2D eigenvalue weighted by Gasteiger charge is -2.25. The third-order valence-electron chi connectivity index (χ3n) is 5.64. The Balaban J connectivity index is 1.92. The van der Waals surface area contributed by atoms with Gasteiger partial charge in [-0.3, -0.25) is 14.2 Å². The molecule has 0 N–H and O–H groups in total. The molecule has 1 aromatic heterocycles. The number of esters is 2. The van der Waals surface area contributed by atoms with Gasteiger partial charge in [-0.25, -0.2) is 9.79 Å². The molecule has 4 rings (SSSR count). The summed E-state index contributed by atoms with van der Waals surface area (Å²) in [6.45, 7) is 7.16. The number of carbonyl (C=O) groups is 2. The predicted molar refractivity (Wildman–Crippen MR) is 140 cm³/mol. The first kappa shape index (κ1) is 26.1. The van der Waals surface area contributed by atoms with E-state index < -0.39 is 18.0 Å². The number of carbonyl (C=O) groups excluding carboxylic acids is 2. The fourth-order valence-corrected chi connectivity index (χ4v) is 5.06. The fraction of sp³-hybridized carbons (Fsp3) is 0.286. The Kier molecular flexibility index (Phi) is 7.73. The quantitative estimate of drug-likeness (QED) is 0.350. The maximum absolute atomic E-state index is 13.7. The second-order valence-corrected chi connectivity index (χ2v) is 10.00. The maximum atomic E-state index is 13.7. The Morgan fingerprint density at radius 3 is 2.51 bits per heavy atom. The lowest BCUT2D eigenvalue weighted by Crippen LogP contribution is -2.40. The highest BCUT2D eigenvalue weighted by atomic mass is 32.1. The number of allylic oxidation sites excluding steroid dienone is 1. The molecular weight excluding hydrogens is 492 g/mol. The van der Waals surface area contributed by atoms with Gasteiger partial charge in [0, 0.05) is 6.92 Å². The molecule has 0 saturated heterocycles. The van der Waals surface area contributed by atoms with E-state index in [1.165, 1.54) is 29.9 Å². The molecule has 2 heterocycles. The number of thiazole rings is 1. The Morgan fingerprint density at radius 1 is 1.14 bits per heavy atom. The van der Waals surface area contributed by atoms with Crippen LogP contribution in [-0.2, 0) is 14.3 Å². The van der Waals surface area contributed by atoms with Crippen molar-refractivity contribution >= 4 is 29.4 Å². The maximum Gasteiger partial charge on any atom is 0.338 e. The van der Waals surface area contributed by atoms with Crippen molar-refractivity contribution in [2.45, 2.75) is 33.7 Å². The van der Waals surface area contributed by atoms with Gasteiger partial charge in [0.1, 0.15) is 0 Å². The van der Waals surface area contributed by atoms with Crippen LogP contribution in [0.2, 0.25) is 0 Å². The van der Waals surface area contributed by atoms with Crippen LogP contribution >= 0.6 is 11.3 Å². The molecule has 0 spiro atoms. The summed E-state index contributed by atoms with van der Waals surface area (Å²) in [7, 11) is 1.45. The van der Waals surface area contributed by atoms with Crippen molar-refractivity contribution in [2.75, 3.05) is 13.7 Å². The van der Waals surface area contributed by atoms with Gasteiger partial charge in [-0.15, -0.1) is 0 Å². The van der Waals surface area contributed by atoms with Crippen LogP contribution < -0.4 is 24.4 Å². The molecule has 1 atom stereocenters. The van der Waals surface area contributed by atoms with Gasteiger partial charge in [0.2, 0.25) is 0 Å². The first-order valence-electron chi connectivity index (χ1n) is 11.8. The minimum absolute atomic E-state index is 0.137. The number of aromatic nitrogens is 1. The second-order valence-electron chi connectivity index (χ2n) is 8.99. The summed E-state index contributed by atoms with van der Waals surface area (Å²) in [4.78, 5) is 43.7. The van der Waals surface area contributed by atoms with Crippen LogP contribution in [0.4, 0.5) is 0 Å². The fourth-order valence-electron chi connectivity index (χ4n) is 4.01. The average molecular weight is 521 g/mol. The van der Waals surface area contributed by atoms with E-state index in [9.17, 15) is 14.4 Å². The topological polar surface area (TPSA) is 96.2 Å². The Hall–Kier alpha value is -3.98. The second kappa shape index (κ2) is 11.0. The molecule has 2 aromatic carbocycles. The van der Waals surface area contributed by atoms with Crippen molar-refractivity contribution in [2.24, 2.45) is 10.9 Å². The van der Waals surface area contributed by atoms with Crippen molar-refractivity contribution < 1.29 is 23.8 Å². The molecule has 1 aliphatic heterocycles. The van der Waals surface area contributed by atoms with Crippen LogP contribution in [0.1, 0.15) is 44.9 Å². The highest BCUT2D eigenvalue weighted by Crippen LogP contribution is 2.36. The van der Waals surface area contributed by atoms with Crippen molar-refractivity contribution in [3.63, 3.8) is 0 Å². The van der Waals surface area contributed by atoms with Crippen LogP contribution in [0.25, 0.3) is 6.08 Å². The zero-order chi connectivity index (χ0) is 26.7. The normalized spacial score (nSPS) is 15.3. The summed E-state index contributed by atoms with van der Waals surface area (Å²) in [5.74, 6) is -0.365. The molecule has 0 fully saturated rings. The first-order chi connectivity index (χ1) is 17.7. The molecule has 0 saturated carbocycles. The minimum Gasteiger partial charge on any atom is -0.493 e. The summed E-state index contributed by atoms with van der Waals surface area (Å²) in [5.41, 5.74) is 1.92. The Labute approximate surface area is 218 Å². The smallest absolute Gasteiger partial charge is 0.338 e. The number of fused-ring (bicyclic) bond motifs is 1. The molecule has 37 heavy (non-hydrogen) atoms. The molecular formula is C28H28N2O6S. The van der Waals surface area contributed by atoms with Crippen molar-refractivity contribution in [1.29, 1.82) is 0 Å². The average Bonchev–Trinajstić information content (AvgIpc) is 3.16. The van der Waals surface area contributed by atoms with Crippen molar-refractivity contribution in [1.82, 2.24) is 4.57 Å². The summed E-state index contributed by atoms with van der Waals surface area (Å²) in [6.07, 6.45) is 1.81. The standard InChI is InChI=1S/C28H28N2O6S/c1-16(2)15-35-27(33)24-17(3)29-28-30(26(32)23(37-28)13-19-9-7-6-8-10-19)25(24)20-11-12-21(36-18(4)31)22(14-20)34-5/h6-14,16,25H,15H2,1-5H3/b23-13-/t25-/m1/s1. The molecule has 0 aliphatic carbocycles. The van der Waals surface area contributed by atoms with E-state index in [-0.39, 0.29) is 29.4 Å². The number of rotatable bonds is 7. The molecule has 192 valence electrons. The van der Waals surface area contributed by atoms with E-state index in [1.807, 2.05) is 44.2 Å². The van der Waals surface area contributed by atoms with E-state index in [4.69, 9.17) is 14.2 Å². The van der Waals surface area contributed by atoms with E-state index in [1.54, 1.807) is 31.2 Å². The predicted octanol–water partition coefficient (Wildman–Crippen LogP) is 3.37. The van der Waals surface area contributed by atoms with Gasteiger partial charge in [-0.2, -0.15) is 0 Å². The van der Waals surface area contributed by atoms with Gasteiger partial charge in [0.25, 0.3) is 5.56 Å². The molecule has 0 radical (unpaired) electrons. The van der Waals surface area contributed by atoms with Crippen LogP contribution in [0.5, 0.6) is 11.5 Å². The minimum atomic E-state index is -0.811. The van der Waals surface area contributed by atoms with Gasteiger partial charge in [-0.1, -0.05) is 61.6 Å². The zero-order valence-electron chi connectivity index (χ0n) is 21.3. The highest BCUT2D eigenvalue weighted by molar-refractivity contribution is 7.07. The molecule has 0 amide bonds. The van der Waals surface area contributed by atoms with Crippen molar-refractivity contribution in [3.05, 3.63) is 90.6 Å². The van der Waals surface area contributed by atoms with Crippen molar-refractivity contribution in [3.8, 4) is 11.5 Å². The number of nitrogens with zero attached hydrogens (tertiary/aromatic N) is 2. The lowest BCUT2D eigenvalue weighted by atomic mass is 9.95. The lowest BCUT2D eigenvalue weighted by molar-refractivity contribution is -0.140. The summed E-state index contributed by atoms with van der Waals surface area (Å²) >= 11 is 1.25. The number of ether oxygens (including phenoxy) is 3. The Bertz CT molecular complexity index is 1550. The van der Waals surface area contributed by atoms with Gasteiger partial charge in [-0.05, 0) is 42.2 Å². The van der Waals surface area contributed by atoms with E-state index >= 15 is 0 Å². The number of benzene rings is 2. The molecule has 9 heteroatoms. The molecule has 1 aliphatic rings. The van der Waals surface area contributed by atoms with Gasteiger partial charge < -0.3 is 14.2 Å². The molecule has 0 bridgehead atoms. The van der Waals surface area contributed by atoms with Crippen LogP contribution in [0.3, 0.4) is 0 Å². The third kappa shape index (κ3) is 5.56. The molecule has 3 aromatic rings. The molecule has 8 nitrogen and oxygen atoms in total. The number of hydrogen-bond acceptors (Lipinski definition) is 8. The van der Waals surface area contributed by atoms with Crippen LogP contribution in [0.15, 0.2) is 69.6 Å². The van der Waals surface area contributed by atoms with Gasteiger partial charge in [0.05, 0.1) is 35.6 Å². The largest absolute Gasteiger partial charge is 0.493 e. The summed E-state index contributed by atoms with van der Waals surface area (Å²) < 4.78 is 18.3. The summed E-state index contributed by atoms with van der Waals surface area (Å²) in [6, 6.07) is 13.7. The van der Waals surface area contributed by atoms with Crippen LogP contribution in [0, 0.1) is 5.92 Å². The SMILES string of the molecule is COc1cc([C@@H]2C(C(=O)OCC(C)C)=C(C)N=c3s/c(=C\c4ccccc4)c(=O)n32)ccc1OC(C)=O. The number of methoxy groups -OCH3 is 1. The summed E-state index contributed by atoms with van der Waals surface area (Å²) in [5, 5.41) is 0. The monoisotopic (exact) mass is 520 g/mol. The first-order valence-corrected chi connectivity index (χ1v) is 12.6. The van der Waals surface area contributed by atoms with E-state index in [2.05, 4.69) is 4.99 Å². The van der Waals surface area contributed by atoms with Gasteiger partial charge >= 0.3 is 11.9 Å². The Morgan fingerprint density at radius 2 is 1.86 bits per heavy atom. The number of hydrogen-bond donors (Lipinski definition) is 0. The van der Waals surface area contributed by atoms with E-state index in [0.29, 0.717) is 26.3 Å². The zero-order valence-corrected chi connectivity index (χ0v) is 22.1. The van der Waals surface area contributed by atoms with E-state index in [0.717, 1.165) is 5.56 Å².